The lowest BCUT2D eigenvalue weighted by molar-refractivity contribution is 0.442. The van der Waals surface area contributed by atoms with Crippen molar-refractivity contribution < 1.29 is 0 Å². The molecule has 0 heterocycles. The molecular formula is C17H11N5. The quantitative estimate of drug-likeness (QED) is 0.785. The number of nitrogens with zero attached hydrogens (tertiary/aromatic N) is 5. The average Bonchev–Trinajstić information content (AvgIpc) is 2.59. The van der Waals surface area contributed by atoms with E-state index in [1.54, 1.807) is 6.07 Å². The third-order valence-electron chi connectivity index (χ3n) is 4.11. The molecule has 0 N–H and O–H groups in total. The maximum absolute atomic E-state index is 9.46. The summed E-state index contributed by atoms with van der Waals surface area (Å²) in [6, 6.07) is 9.49. The third-order valence-corrected chi connectivity index (χ3v) is 4.11. The van der Waals surface area contributed by atoms with E-state index in [1.165, 1.54) is 0 Å². The Morgan fingerprint density at radius 2 is 0.909 bits per heavy atom. The fourth-order valence-electron chi connectivity index (χ4n) is 3.14. The van der Waals surface area contributed by atoms with Crippen molar-refractivity contribution in [2.24, 2.45) is 0 Å². The van der Waals surface area contributed by atoms with Crippen molar-refractivity contribution in [3.8, 4) is 30.3 Å². The standard InChI is InChI=1S/C17H11N5/c18-6-12-13(7-19)15(9-21)17(11-4-2-1-3-5-11)16(10-22)14(12)8-20/h11H,1-5H2. The molecule has 0 spiro atoms. The number of hydrogen-bond acceptors (Lipinski definition) is 5. The molecule has 104 valence electrons. The molecule has 1 fully saturated rings. The van der Waals surface area contributed by atoms with Crippen LogP contribution >= 0.6 is 0 Å². The summed E-state index contributed by atoms with van der Waals surface area (Å²) in [7, 11) is 0. The summed E-state index contributed by atoms with van der Waals surface area (Å²) in [4.78, 5) is 0. The molecule has 0 saturated heterocycles. The van der Waals surface area contributed by atoms with E-state index in [4.69, 9.17) is 0 Å². The zero-order chi connectivity index (χ0) is 16.1. The normalized spacial score (nSPS) is 14.0. The fourth-order valence-corrected chi connectivity index (χ4v) is 3.14. The van der Waals surface area contributed by atoms with Gasteiger partial charge in [-0.2, -0.15) is 26.3 Å². The number of rotatable bonds is 1. The molecule has 1 aromatic rings. The SMILES string of the molecule is N#Cc1c(C#N)c(C#N)c(C2CCCCC2)c(C#N)c1C#N. The fraction of sp³-hybridized carbons (Fsp3) is 0.353. The molecule has 1 saturated carbocycles. The second-order valence-corrected chi connectivity index (χ2v) is 5.18. The zero-order valence-corrected chi connectivity index (χ0v) is 11.8. The predicted octanol–water partition coefficient (Wildman–Crippen LogP) is 3.09. The van der Waals surface area contributed by atoms with Crippen LogP contribution in [-0.4, -0.2) is 0 Å². The molecule has 0 amide bonds. The van der Waals surface area contributed by atoms with Gasteiger partial charge in [0.25, 0.3) is 0 Å². The minimum atomic E-state index is -0.169. The van der Waals surface area contributed by atoms with Crippen LogP contribution in [0.4, 0.5) is 0 Å². The van der Waals surface area contributed by atoms with Crippen LogP contribution in [0.3, 0.4) is 0 Å². The van der Waals surface area contributed by atoms with Crippen LogP contribution in [0.25, 0.3) is 0 Å². The van der Waals surface area contributed by atoms with Gasteiger partial charge in [-0.25, -0.2) is 0 Å². The molecule has 0 aromatic heterocycles. The number of benzene rings is 1. The highest BCUT2D eigenvalue weighted by molar-refractivity contribution is 5.71. The highest BCUT2D eigenvalue weighted by Crippen LogP contribution is 2.39. The first kappa shape index (κ1) is 15.1. The van der Waals surface area contributed by atoms with Gasteiger partial charge in [0.15, 0.2) is 0 Å². The van der Waals surface area contributed by atoms with Crippen LogP contribution < -0.4 is 0 Å². The van der Waals surface area contributed by atoms with Gasteiger partial charge in [0.1, 0.15) is 30.3 Å². The summed E-state index contributed by atoms with van der Waals surface area (Å²) in [6.45, 7) is 0. The van der Waals surface area contributed by atoms with E-state index in [0.29, 0.717) is 5.56 Å². The average molecular weight is 285 g/mol. The van der Waals surface area contributed by atoms with Gasteiger partial charge >= 0.3 is 0 Å². The van der Waals surface area contributed by atoms with Crippen LogP contribution in [0.2, 0.25) is 0 Å². The van der Waals surface area contributed by atoms with E-state index < -0.39 is 0 Å². The highest BCUT2D eigenvalue weighted by atomic mass is 14.4. The lowest BCUT2D eigenvalue weighted by atomic mass is 9.77. The number of hydrogen-bond donors (Lipinski definition) is 0. The van der Waals surface area contributed by atoms with E-state index in [1.807, 2.05) is 24.3 Å². The van der Waals surface area contributed by atoms with Crippen LogP contribution in [0, 0.1) is 56.7 Å². The molecule has 1 aromatic carbocycles. The lowest BCUT2D eigenvalue weighted by Gasteiger charge is -2.25. The Kier molecular flexibility index (Phi) is 4.39. The van der Waals surface area contributed by atoms with Gasteiger partial charge in [0.05, 0.1) is 27.8 Å². The van der Waals surface area contributed by atoms with Gasteiger partial charge in [-0.05, 0) is 24.3 Å². The topological polar surface area (TPSA) is 119 Å². The first-order valence-electron chi connectivity index (χ1n) is 6.97. The molecule has 0 atom stereocenters. The Morgan fingerprint density at radius 1 is 0.545 bits per heavy atom. The first-order chi connectivity index (χ1) is 10.7. The summed E-state index contributed by atoms with van der Waals surface area (Å²) in [5.41, 5.74) is 0.319. The van der Waals surface area contributed by atoms with Crippen molar-refractivity contribution in [3.63, 3.8) is 0 Å². The summed E-state index contributed by atoms with van der Waals surface area (Å²) in [5, 5.41) is 46.8. The largest absolute Gasteiger partial charge is 0.192 e. The van der Waals surface area contributed by atoms with Crippen LogP contribution in [0.15, 0.2) is 0 Å². The molecule has 22 heavy (non-hydrogen) atoms. The maximum atomic E-state index is 9.46. The van der Waals surface area contributed by atoms with E-state index in [2.05, 4.69) is 0 Å². The Labute approximate surface area is 128 Å². The second-order valence-electron chi connectivity index (χ2n) is 5.18. The summed E-state index contributed by atoms with van der Waals surface area (Å²) >= 11 is 0. The van der Waals surface area contributed by atoms with Gasteiger partial charge in [0.2, 0.25) is 0 Å². The van der Waals surface area contributed by atoms with Crippen molar-refractivity contribution in [1.29, 1.82) is 26.3 Å². The molecule has 0 radical (unpaired) electrons. The van der Waals surface area contributed by atoms with Gasteiger partial charge in [-0.3, -0.25) is 0 Å². The van der Waals surface area contributed by atoms with Gasteiger partial charge < -0.3 is 0 Å². The summed E-state index contributed by atoms with van der Waals surface area (Å²) < 4.78 is 0. The van der Waals surface area contributed by atoms with E-state index in [0.717, 1.165) is 32.1 Å². The molecule has 0 bridgehead atoms. The first-order valence-corrected chi connectivity index (χ1v) is 6.97. The van der Waals surface area contributed by atoms with E-state index in [-0.39, 0.29) is 33.7 Å². The van der Waals surface area contributed by atoms with Crippen molar-refractivity contribution in [1.82, 2.24) is 0 Å². The Hall–Kier alpha value is -3.33. The molecule has 5 nitrogen and oxygen atoms in total. The van der Waals surface area contributed by atoms with Crippen molar-refractivity contribution in [2.75, 3.05) is 0 Å². The Morgan fingerprint density at radius 3 is 1.27 bits per heavy atom. The minimum absolute atomic E-state index is 0.00927. The van der Waals surface area contributed by atoms with Crippen molar-refractivity contribution in [3.05, 3.63) is 33.4 Å². The molecule has 1 aliphatic carbocycles. The molecule has 1 aliphatic rings. The summed E-state index contributed by atoms with van der Waals surface area (Å²) in [5.74, 6) is -0.00927. The maximum Gasteiger partial charge on any atom is 0.102 e. The van der Waals surface area contributed by atoms with Crippen molar-refractivity contribution >= 4 is 0 Å². The lowest BCUT2D eigenvalue weighted by Crippen LogP contribution is -2.13. The molecular weight excluding hydrogens is 274 g/mol. The predicted molar refractivity (Wildman–Crippen MR) is 75.8 cm³/mol. The monoisotopic (exact) mass is 285 g/mol. The Bertz CT molecular complexity index is 772. The Balaban J connectivity index is 2.91. The second kappa shape index (κ2) is 6.41. The summed E-state index contributed by atoms with van der Waals surface area (Å²) in [6.07, 6.45) is 4.73. The highest BCUT2D eigenvalue weighted by Gasteiger charge is 2.29. The van der Waals surface area contributed by atoms with E-state index >= 15 is 0 Å². The smallest absolute Gasteiger partial charge is 0.102 e. The molecule has 0 unspecified atom stereocenters. The van der Waals surface area contributed by atoms with Crippen LogP contribution in [-0.2, 0) is 0 Å². The zero-order valence-electron chi connectivity index (χ0n) is 11.8. The van der Waals surface area contributed by atoms with Crippen LogP contribution in [0.1, 0.15) is 71.4 Å². The minimum Gasteiger partial charge on any atom is -0.192 e. The molecule has 5 heteroatoms. The van der Waals surface area contributed by atoms with E-state index in [9.17, 15) is 26.3 Å². The van der Waals surface area contributed by atoms with Gasteiger partial charge in [0, 0.05) is 0 Å². The third kappa shape index (κ3) is 2.25. The van der Waals surface area contributed by atoms with Gasteiger partial charge in [-0.15, -0.1) is 0 Å². The van der Waals surface area contributed by atoms with Crippen molar-refractivity contribution in [2.45, 2.75) is 38.0 Å². The number of nitriles is 5. The molecule has 0 aliphatic heterocycles. The molecule has 2 rings (SSSR count). The van der Waals surface area contributed by atoms with Crippen LogP contribution in [0.5, 0.6) is 0 Å². The van der Waals surface area contributed by atoms with Gasteiger partial charge in [-0.1, -0.05) is 19.3 Å².